The van der Waals surface area contributed by atoms with Gasteiger partial charge in [0.15, 0.2) is 0 Å². The van der Waals surface area contributed by atoms with Gasteiger partial charge in [0.1, 0.15) is 0 Å². The Morgan fingerprint density at radius 1 is 1.45 bits per heavy atom. The fourth-order valence-electron chi connectivity index (χ4n) is 1.99. The molecule has 0 bridgehead atoms. The first-order valence-electron chi connectivity index (χ1n) is 6.97. The maximum absolute atomic E-state index is 11.7. The predicted molar refractivity (Wildman–Crippen MR) is 81.8 cm³/mol. The third-order valence-corrected chi connectivity index (χ3v) is 4.40. The van der Waals surface area contributed by atoms with E-state index in [-0.39, 0.29) is 17.1 Å². The molecule has 0 fully saturated rings. The van der Waals surface area contributed by atoms with Crippen LogP contribution in [0.3, 0.4) is 0 Å². The number of nitrogens with one attached hydrogen (secondary N) is 2. The molecule has 1 aliphatic heterocycles. The summed E-state index contributed by atoms with van der Waals surface area (Å²) in [5.41, 5.74) is 1.85. The number of carbonyl (C=O) groups is 2. The van der Waals surface area contributed by atoms with Crippen molar-refractivity contribution in [2.24, 2.45) is 0 Å². The standard InChI is InChI=1S/C15H20N2O2S/c1-3-4-5-14(18)16-9-11-6-7-13-12(8-11)17-15(19)10(2)20-13/h6-8,10H,3-5,9H2,1-2H3,(H,16,18)(H,17,19). The van der Waals surface area contributed by atoms with E-state index in [2.05, 4.69) is 17.6 Å². The highest BCUT2D eigenvalue weighted by Crippen LogP contribution is 2.35. The van der Waals surface area contributed by atoms with Crippen LogP contribution < -0.4 is 10.6 Å². The molecule has 0 aromatic heterocycles. The molecule has 1 heterocycles. The highest BCUT2D eigenvalue weighted by molar-refractivity contribution is 8.00. The van der Waals surface area contributed by atoms with Crippen molar-refractivity contribution < 1.29 is 9.59 Å². The molecule has 1 aromatic carbocycles. The van der Waals surface area contributed by atoms with E-state index in [9.17, 15) is 9.59 Å². The van der Waals surface area contributed by atoms with Crippen molar-refractivity contribution in [2.75, 3.05) is 5.32 Å². The molecule has 0 spiro atoms. The molecule has 2 N–H and O–H groups in total. The van der Waals surface area contributed by atoms with Gasteiger partial charge in [0.2, 0.25) is 11.8 Å². The Balaban J connectivity index is 1.96. The summed E-state index contributed by atoms with van der Waals surface area (Å²) in [5.74, 6) is 0.114. The molecule has 1 unspecified atom stereocenters. The molecule has 0 aliphatic carbocycles. The Hall–Kier alpha value is -1.49. The zero-order valence-electron chi connectivity index (χ0n) is 11.9. The van der Waals surface area contributed by atoms with Gasteiger partial charge >= 0.3 is 0 Å². The molecule has 1 aromatic rings. The van der Waals surface area contributed by atoms with E-state index >= 15 is 0 Å². The molecule has 20 heavy (non-hydrogen) atoms. The first-order chi connectivity index (χ1) is 9.60. The van der Waals surface area contributed by atoms with Crippen LogP contribution in [0.15, 0.2) is 23.1 Å². The molecule has 0 saturated carbocycles. The summed E-state index contributed by atoms with van der Waals surface area (Å²) in [4.78, 5) is 24.3. The van der Waals surface area contributed by atoms with Crippen molar-refractivity contribution in [3.63, 3.8) is 0 Å². The van der Waals surface area contributed by atoms with Gasteiger partial charge in [0, 0.05) is 17.9 Å². The van der Waals surface area contributed by atoms with Crippen LogP contribution in [0.5, 0.6) is 0 Å². The van der Waals surface area contributed by atoms with Crippen molar-refractivity contribution in [1.29, 1.82) is 0 Å². The Kier molecular flexibility index (Phi) is 5.06. The monoisotopic (exact) mass is 292 g/mol. The van der Waals surface area contributed by atoms with Crippen LogP contribution in [0.2, 0.25) is 0 Å². The van der Waals surface area contributed by atoms with Gasteiger partial charge in [-0.3, -0.25) is 9.59 Å². The lowest BCUT2D eigenvalue weighted by Gasteiger charge is -2.22. The maximum atomic E-state index is 11.7. The first kappa shape index (κ1) is 14.9. The smallest absolute Gasteiger partial charge is 0.237 e. The quantitative estimate of drug-likeness (QED) is 0.877. The molecule has 2 rings (SSSR count). The van der Waals surface area contributed by atoms with Gasteiger partial charge in [-0.2, -0.15) is 0 Å². The molecule has 1 atom stereocenters. The van der Waals surface area contributed by atoms with Crippen LogP contribution in [0.25, 0.3) is 0 Å². The number of fused-ring (bicyclic) bond motifs is 1. The second-order valence-electron chi connectivity index (χ2n) is 4.96. The highest BCUT2D eigenvalue weighted by Gasteiger charge is 2.22. The number of hydrogen-bond donors (Lipinski definition) is 2. The van der Waals surface area contributed by atoms with Crippen molar-refractivity contribution in [1.82, 2.24) is 5.32 Å². The second kappa shape index (κ2) is 6.79. The van der Waals surface area contributed by atoms with E-state index < -0.39 is 0 Å². The SMILES string of the molecule is CCCCC(=O)NCc1ccc2c(c1)NC(=O)C(C)S2. The van der Waals surface area contributed by atoms with E-state index in [0.717, 1.165) is 29.0 Å². The Bertz CT molecular complexity index is 517. The number of amides is 2. The average molecular weight is 292 g/mol. The molecule has 4 nitrogen and oxygen atoms in total. The van der Waals surface area contributed by atoms with Crippen molar-refractivity contribution in [2.45, 2.75) is 49.8 Å². The Morgan fingerprint density at radius 3 is 3.00 bits per heavy atom. The number of unbranched alkanes of at least 4 members (excludes halogenated alkanes) is 1. The van der Waals surface area contributed by atoms with Crippen LogP contribution >= 0.6 is 11.8 Å². The first-order valence-corrected chi connectivity index (χ1v) is 7.85. The highest BCUT2D eigenvalue weighted by atomic mass is 32.2. The molecular weight excluding hydrogens is 272 g/mol. The minimum absolute atomic E-state index is 0.0339. The van der Waals surface area contributed by atoms with Crippen molar-refractivity contribution >= 4 is 29.3 Å². The zero-order valence-corrected chi connectivity index (χ0v) is 12.7. The van der Waals surface area contributed by atoms with E-state index in [1.54, 1.807) is 11.8 Å². The topological polar surface area (TPSA) is 58.2 Å². The minimum Gasteiger partial charge on any atom is -0.352 e. The number of anilines is 1. The van der Waals surface area contributed by atoms with Gasteiger partial charge in [0.05, 0.1) is 10.9 Å². The molecule has 5 heteroatoms. The fourth-order valence-corrected chi connectivity index (χ4v) is 2.92. The molecular formula is C15H20N2O2S. The van der Waals surface area contributed by atoms with E-state index in [1.165, 1.54) is 0 Å². The van der Waals surface area contributed by atoms with Gasteiger partial charge in [-0.15, -0.1) is 11.8 Å². The Labute approximate surface area is 123 Å². The number of carbonyl (C=O) groups excluding carboxylic acids is 2. The maximum Gasteiger partial charge on any atom is 0.237 e. The summed E-state index contributed by atoms with van der Waals surface area (Å²) in [6.45, 7) is 4.47. The fraction of sp³-hybridized carbons (Fsp3) is 0.467. The predicted octanol–water partition coefficient (Wildman–Crippen LogP) is 2.93. The summed E-state index contributed by atoms with van der Waals surface area (Å²) in [6.07, 6.45) is 2.51. The van der Waals surface area contributed by atoms with Crippen LogP contribution in [0.1, 0.15) is 38.7 Å². The van der Waals surface area contributed by atoms with Gasteiger partial charge in [0.25, 0.3) is 0 Å². The second-order valence-corrected chi connectivity index (χ2v) is 6.34. The summed E-state index contributed by atoms with van der Waals surface area (Å²) in [6, 6.07) is 5.94. The summed E-state index contributed by atoms with van der Waals surface area (Å²) < 4.78 is 0. The van der Waals surface area contributed by atoms with Gasteiger partial charge in [-0.25, -0.2) is 0 Å². The van der Waals surface area contributed by atoms with Gasteiger partial charge in [-0.1, -0.05) is 19.4 Å². The van der Waals surface area contributed by atoms with Crippen LogP contribution in [0.4, 0.5) is 5.69 Å². The number of thioether (sulfide) groups is 1. The summed E-state index contributed by atoms with van der Waals surface area (Å²) in [7, 11) is 0. The van der Waals surface area contributed by atoms with Crippen LogP contribution in [-0.2, 0) is 16.1 Å². The average Bonchev–Trinajstić information content (AvgIpc) is 2.44. The van der Waals surface area contributed by atoms with Crippen molar-refractivity contribution in [3.05, 3.63) is 23.8 Å². The summed E-state index contributed by atoms with van der Waals surface area (Å²) >= 11 is 1.56. The lowest BCUT2D eigenvalue weighted by molar-refractivity contribution is -0.121. The Morgan fingerprint density at radius 2 is 2.25 bits per heavy atom. The van der Waals surface area contributed by atoms with E-state index in [4.69, 9.17) is 0 Å². The molecule has 0 saturated heterocycles. The number of hydrogen-bond acceptors (Lipinski definition) is 3. The van der Waals surface area contributed by atoms with Crippen LogP contribution in [0, 0.1) is 0 Å². The number of rotatable bonds is 5. The lowest BCUT2D eigenvalue weighted by atomic mass is 10.2. The lowest BCUT2D eigenvalue weighted by Crippen LogP contribution is -2.27. The zero-order chi connectivity index (χ0) is 14.5. The largest absolute Gasteiger partial charge is 0.352 e. The normalized spacial score (nSPS) is 17.3. The molecule has 1 aliphatic rings. The van der Waals surface area contributed by atoms with Gasteiger partial charge in [-0.05, 0) is 31.0 Å². The molecule has 108 valence electrons. The third kappa shape index (κ3) is 3.76. The van der Waals surface area contributed by atoms with Crippen molar-refractivity contribution in [3.8, 4) is 0 Å². The molecule has 2 amide bonds. The van der Waals surface area contributed by atoms with Crippen LogP contribution in [-0.4, -0.2) is 17.1 Å². The molecule has 0 radical (unpaired) electrons. The van der Waals surface area contributed by atoms with Gasteiger partial charge < -0.3 is 10.6 Å². The number of benzene rings is 1. The van der Waals surface area contributed by atoms with E-state index in [0.29, 0.717) is 13.0 Å². The third-order valence-electron chi connectivity index (χ3n) is 3.22. The minimum atomic E-state index is -0.0536. The van der Waals surface area contributed by atoms with E-state index in [1.807, 2.05) is 25.1 Å². The summed E-state index contributed by atoms with van der Waals surface area (Å²) in [5, 5.41) is 5.75.